The van der Waals surface area contributed by atoms with Crippen molar-refractivity contribution >= 4 is 18.6 Å². The lowest BCUT2D eigenvalue weighted by molar-refractivity contribution is 1.21. The summed E-state index contributed by atoms with van der Waals surface area (Å²) in [5.74, 6) is 0.789. The maximum Gasteiger partial charge on any atom is 0.159 e. The Morgan fingerprint density at radius 2 is 0.765 bits per heavy atom. The molecule has 0 unspecified atom stereocenters. The summed E-state index contributed by atoms with van der Waals surface area (Å²) in [5, 5.41) is 2.64. The minimum atomic E-state index is -2.04. The van der Waals surface area contributed by atoms with E-state index in [0.29, 0.717) is 0 Å². The summed E-state index contributed by atoms with van der Waals surface area (Å²) in [5.41, 5.74) is 15.2. The fourth-order valence-corrected chi connectivity index (χ4v) is 10.5. The van der Waals surface area contributed by atoms with Crippen LogP contribution in [0.15, 0.2) is 182 Å². The van der Waals surface area contributed by atoms with Crippen molar-refractivity contribution in [2.24, 2.45) is 0 Å². The van der Waals surface area contributed by atoms with Gasteiger partial charge in [0.05, 0.1) is 5.69 Å². The van der Waals surface area contributed by atoms with Crippen molar-refractivity contribution in [2.75, 3.05) is 0 Å². The first-order valence-corrected chi connectivity index (χ1v) is 20.6. The Balaban J connectivity index is 1.18. The van der Waals surface area contributed by atoms with Crippen LogP contribution in [-0.4, -0.2) is 18.0 Å². The molecule has 51 heavy (non-hydrogen) atoms. The van der Waals surface area contributed by atoms with Crippen molar-refractivity contribution in [1.29, 1.82) is 0 Å². The topological polar surface area (TPSA) is 25.8 Å². The zero-order valence-electron chi connectivity index (χ0n) is 28.7. The van der Waals surface area contributed by atoms with E-state index < -0.39 is 8.07 Å². The van der Waals surface area contributed by atoms with Crippen molar-refractivity contribution in [3.05, 3.63) is 182 Å². The predicted molar refractivity (Wildman–Crippen MR) is 217 cm³/mol. The van der Waals surface area contributed by atoms with Gasteiger partial charge in [0.1, 0.15) is 8.07 Å². The van der Waals surface area contributed by atoms with Crippen LogP contribution in [0.5, 0.6) is 0 Å². The first-order valence-electron chi connectivity index (χ1n) is 17.6. The van der Waals surface area contributed by atoms with Crippen molar-refractivity contribution < 1.29 is 0 Å². The molecule has 0 N–H and O–H groups in total. The van der Waals surface area contributed by atoms with E-state index in [1.54, 1.807) is 0 Å². The van der Waals surface area contributed by atoms with E-state index in [2.05, 4.69) is 189 Å². The van der Waals surface area contributed by atoms with Crippen LogP contribution in [-0.2, 0) is 0 Å². The van der Waals surface area contributed by atoms with Gasteiger partial charge in [-0.15, -0.1) is 0 Å². The normalized spacial score (nSPS) is 12.7. The van der Waals surface area contributed by atoms with E-state index in [-0.39, 0.29) is 0 Å². The third-order valence-electron chi connectivity index (χ3n) is 10.2. The van der Waals surface area contributed by atoms with Crippen LogP contribution >= 0.6 is 0 Å². The van der Waals surface area contributed by atoms with Gasteiger partial charge in [0.25, 0.3) is 0 Å². The molecule has 1 aliphatic rings. The highest BCUT2D eigenvalue weighted by Crippen LogP contribution is 2.39. The fraction of sp³-hybridized carbons (Fsp3) is 0.0417. The highest BCUT2D eigenvalue weighted by Gasteiger charge is 2.41. The van der Waals surface area contributed by atoms with E-state index in [1.165, 1.54) is 60.6 Å². The van der Waals surface area contributed by atoms with E-state index in [0.717, 1.165) is 28.2 Å². The van der Waals surface area contributed by atoms with Gasteiger partial charge < -0.3 is 0 Å². The maximum atomic E-state index is 5.34. The molecule has 0 aliphatic carbocycles. The monoisotopic (exact) mass is 668 g/mol. The van der Waals surface area contributed by atoms with Crippen LogP contribution in [0.25, 0.3) is 78.3 Å². The molecule has 0 atom stereocenters. The molecule has 2 heterocycles. The van der Waals surface area contributed by atoms with Crippen molar-refractivity contribution in [3.63, 3.8) is 0 Å². The largest absolute Gasteiger partial charge is 0.237 e. The summed E-state index contributed by atoms with van der Waals surface area (Å²) >= 11 is 0. The number of nitrogens with zero attached hydrogens (tertiary/aromatic N) is 2. The molecule has 242 valence electrons. The Morgan fingerprint density at radius 3 is 1.35 bits per heavy atom. The summed E-state index contributed by atoms with van der Waals surface area (Å²) in [6.45, 7) is 4.84. The van der Waals surface area contributed by atoms with Gasteiger partial charge in [0.15, 0.2) is 5.82 Å². The average molecular weight is 669 g/mol. The fourth-order valence-electron chi connectivity index (χ4n) is 7.58. The first kappa shape index (κ1) is 30.9. The molecule has 2 nitrogen and oxygen atoms in total. The van der Waals surface area contributed by atoms with E-state index in [1.807, 2.05) is 6.07 Å². The predicted octanol–water partition coefficient (Wildman–Crippen LogP) is 11.3. The third kappa shape index (κ3) is 5.62. The number of rotatable bonds is 6. The second-order valence-corrected chi connectivity index (χ2v) is 18.1. The molecule has 1 aliphatic heterocycles. The van der Waals surface area contributed by atoms with E-state index in [4.69, 9.17) is 9.97 Å². The Kier molecular flexibility index (Phi) is 7.64. The quantitative estimate of drug-likeness (QED) is 0.165. The standard InChI is InChI=1S/C48H36N2Si/c1-51(2)44-27-13-12-26-43(44)45-46(49-47(50-48(45)51)35-20-10-5-11-21-35)39-25-15-23-37(29-39)36-22-14-24-38(28-36)42-31-40(33-16-6-3-7-17-33)30-41(32-42)34-18-8-4-9-19-34/h3-32H,1-2H3. The van der Waals surface area contributed by atoms with Gasteiger partial charge in [-0.1, -0.05) is 165 Å². The molecule has 7 aromatic carbocycles. The lowest BCUT2D eigenvalue weighted by Crippen LogP contribution is -2.50. The molecule has 0 bridgehead atoms. The van der Waals surface area contributed by atoms with Crippen molar-refractivity contribution in [3.8, 4) is 78.3 Å². The molecule has 0 radical (unpaired) electrons. The van der Waals surface area contributed by atoms with Gasteiger partial charge in [0.2, 0.25) is 0 Å². The molecule has 1 aromatic heterocycles. The molecule has 0 amide bonds. The zero-order chi connectivity index (χ0) is 34.4. The Hall–Kier alpha value is -6.16. The Bertz CT molecular complexity index is 2480. The maximum absolute atomic E-state index is 5.34. The van der Waals surface area contributed by atoms with Gasteiger partial charge >= 0.3 is 0 Å². The van der Waals surface area contributed by atoms with Crippen molar-refractivity contribution in [1.82, 2.24) is 9.97 Å². The molecule has 0 fully saturated rings. The summed E-state index contributed by atoms with van der Waals surface area (Å²) in [4.78, 5) is 10.6. The highest BCUT2D eigenvalue weighted by atomic mass is 28.3. The van der Waals surface area contributed by atoms with Crippen LogP contribution in [0.1, 0.15) is 0 Å². The Morgan fingerprint density at radius 1 is 0.353 bits per heavy atom. The lowest BCUT2D eigenvalue weighted by Gasteiger charge is -2.19. The summed E-state index contributed by atoms with van der Waals surface area (Å²) < 4.78 is 0. The van der Waals surface area contributed by atoms with E-state index in [9.17, 15) is 0 Å². The number of hydrogen-bond donors (Lipinski definition) is 0. The van der Waals surface area contributed by atoms with Gasteiger partial charge in [-0.2, -0.15) is 0 Å². The van der Waals surface area contributed by atoms with Gasteiger partial charge in [-0.25, -0.2) is 9.97 Å². The minimum Gasteiger partial charge on any atom is -0.237 e. The smallest absolute Gasteiger partial charge is 0.159 e. The summed E-state index contributed by atoms with van der Waals surface area (Å²) in [6, 6.07) is 65.3. The molecule has 0 spiro atoms. The molecule has 0 saturated carbocycles. The molecule has 9 rings (SSSR count). The number of hydrogen-bond acceptors (Lipinski definition) is 2. The van der Waals surface area contributed by atoms with Crippen LogP contribution in [0, 0.1) is 0 Å². The van der Waals surface area contributed by atoms with Gasteiger partial charge in [-0.3, -0.25) is 0 Å². The zero-order valence-corrected chi connectivity index (χ0v) is 29.7. The SMILES string of the molecule is C[Si]1(C)c2ccccc2-c2c(-c3cccc(-c4cccc(-c5cc(-c6ccccc6)cc(-c6ccccc6)c5)c4)c3)nc(-c3ccccc3)nc21. The van der Waals surface area contributed by atoms with Crippen LogP contribution in [0.2, 0.25) is 13.1 Å². The summed E-state index contributed by atoms with van der Waals surface area (Å²) in [6.07, 6.45) is 0. The third-order valence-corrected chi connectivity index (χ3v) is 13.5. The average Bonchev–Trinajstić information content (AvgIpc) is 3.44. The second kappa shape index (κ2) is 12.6. The van der Waals surface area contributed by atoms with E-state index >= 15 is 0 Å². The van der Waals surface area contributed by atoms with Crippen LogP contribution < -0.4 is 10.5 Å². The van der Waals surface area contributed by atoms with Crippen molar-refractivity contribution in [2.45, 2.75) is 13.1 Å². The molecule has 8 aromatic rings. The van der Waals surface area contributed by atoms with Gasteiger partial charge in [0, 0.05) is 22.0 Å². The lowest BCUT2D eigenvalue weighted by atomic mass is 9.91. The molecule has 0 saturated heterocycles. The molecule has 3 heteroatoms. The minimum absolute atomic E-state index is 0.789. The van der Waals surface area contributed by atoms with Crippen LogP contribution in [0.4, 0.5) is 0 Å². The number of aromatic nitrogens is 2. The van der Waals surface area contributed by atoms with Crippen LogP contribution in [0.3, 0.4) is 0 Å². The number of benzene rings is 7. The first-order chi connectivity index (χ1) is 25.0. The second-order valence-electron chi connectivity index (χ2n) is 13.8. The molecular formula is C48H36N2Si. The number of fused-ring (bicyclic) bond motifs is 3. The summed E-state index contributed by atoms with van der Waals surface area (Å²) in [7, 11) is -2.04. The Labute approximate surface area is 300 Å². The highest BCUT2D eigenvalue weighted by molar-refractivity contribution is 7.03. The molecular weight excluding hydrogens is 633 g/mol. The van der Waals surface area contributed by atoms with Gasteiger partial charge in [-0.05, 0) is 85.6 Å².